The number of fused-ring (bicyclic) bond motifs is 1. The van der Waals surface area contributed by atoms with Crippen LogP contribution in [0.5, 0.6) is 0 Å². The number of carboxylic acid groups (broad SMARTS) is 1. The Balaban J connectivity index is 1.53. The predicted molar refractivity (Wildman–Crippen MR) is 140 cm³/mol. The number of rotatable bonds is 8. The monoisotopic (exact) mass is 537 g/mol. The molecule has 1 heterocycles. The van der Waals surface area contributed by atoms with Gasteiger partial charge in [0, 0.05) is 25.1 Å². The van der Waals surface area contributed by atoms with E-state index in [0.717, 1.165) is 5.39 Å². The summed E-state index contributed by atoms with van der Waals surface area (Å²) in [6.45, 7) is -0.126. The molecular formula is C26H23N3O8S. The Hall–Kier alpha value is -4.45. The number of carboxylic acids is 1. The van der Waals surface area contributed by atoms with E-state index in [0.29, 0.717) is 10.9 Å². The number of amides is 2. The number of nitro benzene ring substituents is 1. The van der Waals surface area contributed by atoms with E-state index < -0.39 is 34.1 Å². The highest BCUT2D eigenvalue weighted by Crippen LogP contribution is 2.30. The number of non-ortho nitro benzene ring substituents is 1. The van der Waals surface area contributed by atoms with Crippen molar-refractivity contribution < 1.29 is 33.9 Å². The standard InChI is InChI=1S/C26H23N3O8S/c30-23(38)10-16-9-22(28(13-16)26(34)37-14-15-5-7-19(8-6-15)29(35)36)24(31)27-21-12-18-4-2-1-3-17(18)11-20(21)25(32)33/h1-8,11-12,16,22H,9-10,13-14H2,(H,27,31)(H,30,38)(H,32,33)/t16-,22-/m0/s1. The lowest BCUT2D eigenvalue weighted by Gasteiger charge is -2.23. The van der Waals surface area contributed by atoms with Crippen molar-refractivity contribution in [3.05, 3.63) is 81.9 Å². The molecule has 3 aromatic carbocycles. The second-order valence-corrected chi connectivity index (χ2v) is 9.38. The summed E-state index contributed by atoms with van der Waals surface area (Å²) in [7, 11) is 0. The summed E-state index contributed by atoms with van der Waals surface area (Å²) in [5.74, 6) is -2.20. The highest BCUT2D eigenvalue weighted by Gasteiger charge is 2.41. The second kappa shape index (κ2) is 11.3. The predicted octanol–water partition coefficient (Wildman–Crippen LogP) is 4.26. The number of thiol groups is 1. The van der Waals surface area contributed by atoms with E-state index in [2.05, 4.69) is 17.9 Å². The number of benzene rings is 3. The minimum absolute atomic E-state index is 0.0371. The van der Waals surface area contributed by atoms with Crippen LogP contribution >= 0.6 is 12.6 Å². The van der Waals surface area contributed by atoms with Gasteiger partial charge in [0.2, 0.25) is 5.91 Å². The number of carbonyl (C=O) groups is 4. The fourth-order valence-corrected chi connectivity index (χ4v) is 4.70. The summed E-state index contributed by atoms with van der Waals surface area (Å²) < 4.78 is 5.35. The van der Waals surface area contributed by atoms with Gasteiger partial charge < -0.3 is 15.2 Å². The van der Waals surface area contributed by atoms with Crippen LogP contribution in [-0.4, -0.2) is 50.6 Å². The zero-order valence-electron chi connectivity index (χ0n) is 19.9. The number of aromatic carboxylic acids is 1. The van der Waals surface area contributed by atoms with Crippen molar-refractivity contribution in [2.75, 3.05) is 11.9 Å². The number of hydrogen-bond donors (Lipinski definition) is 3. The van der Waals surface area contributed by atoms with Gasteiger partial charge in [-0.15, -0.1) is 12.6 Å². The SMILES string of the molecule is O=C(S)C[C@@H]1C[C@@H](C(=O)Nc2cc3ccccc3cc2C(=O)O)N(C(=O)OCc2ccc([N+](=O)[O-])cc2)C1. The van der Waals surface area contributed by atoms with Crippen LogP contribution in [0.25, 0.3) is 10.8 Å². The third kappa shape index (κ3) is 6.09. The van der Waals surface area contributed by atoms with Crippen LogP contribution in [0.3, 0.4) is 0 Å². The normalized spacial score (nSPS) is 16.7. The molecule has 1 aliphatic heterocycles. The molecule has 38 heavy (non-hydrogen) atoms. The van der Waals surface area contributed by atoms with E-state index >= 15 is 0 Å². The highest BCUT2D eigenvalue weighted by molar-refractivity contribution is 7.96. The van der Waals surface area contributed by atoms with Crippen LogP contribution in [0, 0.1) is 16.0 Å². The molecule has 1 aliphatic rings. The van der Waals surface area contributed by atoms with Gasteiger partial charge in [0.15, 0.2) is 5.12 Å². The lowest BCUT2D eigenvalue weighted by molar-refractivity contribution is -0.384. The van der Waals surface area contributed by atoms with E-state index in [1.54, 1.807) is 30.3 Å². The molecule has 1 fully saturated rings. The maximum atomic E-state index is 13.3. The van der Waals surface area contributed by atoms with Crippen molar-refractivity contribution in [2.45, 2.75) is 25.5 Å². The molecule has 0 unspecified atom stereocenters. The zero-order valence-corrected chi connectivity index (χ0v) is 20.8. The number of ether oxygens (including phenoxy) is 1. The van der Waals surface area contributed by atoms with Gasteiger partial charge in [0.1, 0.15) is 12.6 Å². The number of hydrogen-bond acceptors (Lipinski definition) is 7. The van der Waals surface area contributed by atoms with Gasteiger partial charge in [-0.05, 0) is 52.9 Å². The number of nitrogens with one attached hydrogen (secondary N) is 1. The van der Waals surface area contributed by atoms with Gasteiger partial charge in [-0.25, -0.2) is 9.59 Å². The van der Waals surface area contributed by atoms with Crippen LogP contribution in [0.2, 0.25) is 0 Å². The van der Waals surface area contributed by atoms with Crippen LogP contribution < -0.4 is 5.32 Å². The van der Waals surface area contributed by atoms with Gasteiger partial charge in [0.25, 0.3) is 5.69 Å². The number of nitrogens with zero attached hydrogens (tertiary/aromatic N) is 2. The molecule has 1 saturated heterocycles. The van der Waals surface area contributed by atoms with Crippen molar-refractivity contribution in [2.24, 2.45) is 5.92 Å². The molecule has 196 valence electrons. The number of likely N-dealkylation sites (tertiary alicyclic amines) is 1. The molecule has 0 bridgehead atoms. The maximum absolute atomic E-state index is 13.3. The molecule has 0 aliphatic carbocycles. The third-order valence-electron chi connectivity index (χ3n) is 6.27. The van der Waals surface area contributed by atoms with Gasteiger partial charge in [0.05, 0.1) is 16.2 Å². The summed E-state index contributed by atoms with van der Waals surface area (Å²) in [5.41, 5.74) is 0.372. The Morgan fingerprint density at radius 2 is 1.74 bits per heavy atom. The van der Waals surface area contributed by atoms with Crippen molar-refractivity contribution in [3.63, 3.8) is 0 Å². The molecule has 4 rings (SSSR count). The molecule has 0 spiro atoms. The number of nitro groups is 1. The Morgan fingerprint density at radius 1 is 1.08 bits per heavy atom. The lowest BCUT2D eigenvalue weighted by Crippen LogP contribution is -2.43. The maximum Gasteiger partial charge on any atom is 0.410 e. The van der Waals surface area contributed by atoms with Crippen molar-refractivity contribution in [1.82, 2.24) is 4.90 Å². The largest absolute Gasteiger partial charge is 0.478 e. The second-order valence-electron chi connectivity index (χ2n) is 8.89. The lowest BCUT2D eigenvalue weighted by atomic mass is 10.0. The Kier molecular flexibility index (Phi) is 7.91. The summed E-state index contributed by atoms with van der Waals surface area (Å²) in [6, 6.07) is 14.6. The topological polar surface area (TPSA) is 156 Å². The molecule has 12 heteroatoms. The van der Waals surface area contributed by atoms with Crippen molar-refractivity contribution in [3.8, 4) is 0 Å². The van der Waals surface area contributed by atoms with E-state index in [1.165, 1.54) is 35.2 Å². The van der Waals surface area contributed by atoms with E-state index in [1.807, 2.05) is 0 Å². The summed E-state index contributed by atoms with van der Waals surface area (Å²) in [5, 5.41) is 24.2. The van der Waals surface area contributed by atoms with Crippen LogP contribution in [0.4, 0.5) is 16.2 Å². The average Bonchev–Trinajstić information content (AvgIpc) is 3.30. The Bertz CT molecular complexity index is 1430. The molecule has 0 aromatic heterocycles. The molecular weight excluding hydrogens is 514 g/mol. The van der Waals surface area contributed by atoms with Gasteiger partial charge in [-0.3, -0.25) is 24.6 Å². The minimum atomic E-state index is -1.23. The molecule has 2 N–H and O–H groups in total. The van der Waals surface area contributed by atoms with Crippen LogP contribution in [0.1, 0.15) is 28.8 Å². The van der Waals surface area contributed by atoms with E-state index in [-0.39, 0.29) is 48.8 Å². The third-order valence-corrected chi connectivity index (χ3v) is 6.45. The fraction of sp³-hybridized carbons (Fsp3) is 0.231. The summed E-state index contributed by atoms with van der Waals surface area (Å²) in [4.78, 5) is 61.2. The van der Waals surface area contributed by atoms with Crippen LogP contribution in [-0.2, 0) is 20.9 Å². The van der Waals surface area contributed by atoms with Crippen LogP contribution in [0.15, 0.2) is 60.7 Å². The average molecular weight is 538 g/mol. The van der Waals surface area contributed by atoms with Gasteiger partial charge >= 0.3 is 12.1 Å². The molecule has 0 radical (unpaired) electrons. The first-order valence-electron chi connectivity index (χ1n) is 11.6. The van der Waals surface area contributed by atoms with Gasteiger partial charge in [-0.2, -0.15) is 0 Å². The molecule has 2 amide bonds. The zero-order chi connectivity index (χ0) is 27.4. The molecule has 0 saturated carbocycles. The first-order valence-corrected chi connectivity index (χ1v) is 12.0. The smallest absolute Gasteiger partial charge is 0.410 e. The van der Waals surface area contributed by atoms with E-state index in [4.69, 9.17) is 4.74 Å². The molecule has 3 aromatic rings. The Morgan fingerprint density at radius 3 is 2.34 bits per heavy atom. The molecule has 11 nitrogen and oxygen atoms in total. The van der Waals surface area contributed by atoms with Gasteiger partial charge in [-0.1, -0.05) is 24.3 Å². The fourth-order valence-electron chi connectivity index (χ4n) is 4.45. The number of anilines is 1. The summed E-state index contributed by atoms with van der Waals surface area (Å²) >= 11 is 3.81. The first-order chi connectivity index (χ1) is 18.1. The first kappa shape index (κ1) is 26.6. The van der Waals surface area contributed by atoms with E-state index in [9.17, 15) is 34.4 Å². The Labute approximate surface area is 221 Å². The highest BCUT2D eigenvalue weighted by atomic mass is 32.1. The summed E-state index contributed by atoms with van der Waals surface area (Å²) in [6.07, 6.45) is -0.620. The quantitative estimate of drug-likeness (QED) is 0.219. The minimum Gasteiger partial charge on any atom is -0.478 e. The van der Waals surface area contributed by atoms with Crippen molar-refractivity contribution in [1.29, 1.82) is 0 Å². The van der Waals surface area contributed by atoms with Crippen molar-refractivity contribution >= 4 is 57.9 Å². The molecule has 2 atom stereocenters. The number of carbonyl (C=O) groups excluding carboxylic acids is 3.